The number of hydrogen-bond acceptors (Lipinski definition) is 9. The Morgan fingerprint density at radius 2 is 1.75 bits per heavy atom. The second-order valence-corrected chi connectivity index (χ2v) is 5.80. The molecule has 0 aliphatic heterocycles. The lowest BCUT2D eigenvalue weighted by atomic mass is 10.1. The first-order valence-corrected chi connectivity index (χ1v) is 8.34. The normalized spacial score (nSPS) is 12.9. The molecule has 0 amide bonds. The van der Waals surface area contributed by atoms with Crippen LogP contribution in [-0.2, 0) is 28.2 Å². The summed E-state index contributed by atoms with van der Waals surface area (Å²) in [7, 11) is 4.39. The summed E-state index contributed by atoms with van der Waals surface area (Å²) in [5.74, 6) is 0. The highest BCUT2D eigenvalue weighted by Crippen LogP contribution is 2.18. The zero-order chi connectivity index (χ0) is 20.7. The van der Waals surface area contributed by atoms with Crippen LogP contribution >= 0.6 is 0 Å². The van der Waals surface area contributed by atoms with Gasteiger partial charge in [0.05, 0.1) is 5.69 Å². The summed E-state index contributed by atoms with van der Waals surface area (Å²) in [6.07, 6.45) is 0. The lowest BCUT2D eigenvalue weighted by Crippen LogP contribution is -2.23. The van der Waals surface area contributed by atoms with Gasteiger partial charge < -0.3 is 14.5 Å². The van der Waals surface area contributed by atoms with Crippen LogP contribution in [0.25, 0.3) is 5.69 Å². The van der Waals surface area contributed by atoms with Gasteiger partial charge in [-0.15, -0.1) is 0 Å². The fourth-order valence-electron chi connectivity index (χ4n) is 2.44. The number of nitrogens with zero attached hydrogens (tertiary/aromatic N) is 7. The van der Waals surface area contributed by atoms with Crippen molar-refractivity contribution in [3.05, 3.63) is 39.8 Å². The van der Waals surface area contributed by atoms with Crippen molar-refractivity contribution in [3.63, 3.8) is 0 Å². The summed E-state index contributed by atoms with van der Waals surface area (Å²) in [6, 6.07) is 5.51. The van der Waals surface area contributed by atoms with Crippen molar-refractivity contribution < 1.29 is 14.5 Å². The zero-order valence-corrected chi connectivity index (χ0v) is 16.7. The first-order valence-electron chi connectivity index (χ1n) is 8.34. The first-order chi connectivity index (χ1) is 13.4. The van der Waals surface area contributed by atoms with E-state index in [1.54, 1.807) is 19.9 Å². The van der Waals surface area contributed by atoms with Crippen LogP contribution in [0.4, 0.5) is 0 Å². The molecule has 0 saturated carbocycles. The van der Waals surface area contributed by atoms with Crippen LogP contribution in [0.3, 0.4) is 0 Å². The van der Waals surface area contributed by atoms with Crippen molar-refractivity contribution in [1.29, 1.82) is 0 Å². The van der Waals surface area contributed by atoms with E-state index in [0.29, 0.717) is 22.8 Å². The standard InChI is InChI=1S/C17H23N7O4/c1-11-8-7-9-15(24-17(25)23(4)21-22-24)14(11)10-28-19-13(3)16(20-27-6)12(2)18-26-5/h7-9H,10H2,1-6H3. The van der Waals surface area contributed by atoms with E-state index in [9.17, 15) is 4.79 Å². The van der Waals surface area contributed by atoms with Crippen LogP contribution in [0.1, 0.15) is 25.0 Å². The van der Waals surface area contributed by atoms with Crippen LogP contribution < -0.4 is 5.69 Å². The van der Waals surface area contributed by atoms with Gasteiger partial charge in [-0.05, 0) is 42.8 Å². The Morgan fingerprint density at radius 1 is 1.07 bits per heavy atom. The molecule has 0 aliphatic rings. The van der Waals surface area contributed by atoms with E-state index in [4.69, 9.17) is 14.5 Å². The molecule has 2 rings (SSSR count). The molecule has 1 aromatic carbocycles. The topological polar surface area (TPSA) is 117 Å². The fraction of sp³-hybridized carbons (Fsp3) is 0.412. The average Bonchev–Trinajstić information content (AvgIpc) is 2.99. The van der Waals surface area contributed by atoms with Crippen molar-refractivity contribution in [2.24, 2.45) is 22.5 Å². The van der Waals surface area contributed by atoms with Gasteiger partial charge in [-0.3, -0.25) is 0 Å². The second kappa shape index (κ2) is 9.44. The number of tetrazole rings is 1. The highest BCUT2D eigenvalue weighted by Gasteiger charge is 2.14. The molecule has 11 heteroatoms. The Morgan fingerprint density at radius 3 is 2.36 bits per heavy atom. The van der Waals surface area contributed by atoms with Gasteiger partial charge in [-0.1, -0.05) is 27.6 Å². The van der Waals surface area contributed by atoms with Crippen LogP contribution in [-0.4, -0.2) is 51.1 Å². The van der Waals surface area contributed by atoms with E-state index in [0.717, 1.165) is 15.8 Å². The Labute approximate surface area is 161 Å². The third-order valence-corrected chi connectivity index (χ3v) is 3.84. The van der Waals surface area contributed by atoms with Gasteiger partial charge in [0.1, 0.15) is 32.2 Å². The van der Waals surface area contributed by atoms with Gasteiger partial charge in [0.2, 0.25) is 0 Å². The van der Waals surface area contributed by atoms with E-state index >= 15 is 0 Å². The van der Waals surface area contributed by atoms with Crippen LogP contribution in [0, 0.1) is 6.92 Å². The number of benzene rings is 1. The van der Waals surface area contributed by atoms with Gasteiger partial charge in [0.15, 0.2) is 5.71 Å². The first kappa shape index (κ1) is 20.8. The third kappa shape index (κ3) is 4.61. The van der Waals surface area contributed by atoms with E-state index in [1.807, 2.05) is 19.1 Å². The van der Waals surface area contributed by atoms with E-state index in [1.165, 1.54) is 25.9 Å². The van der Waals surface area contributed by atoms with E-state index in [-0.39, 0.29) is 12.3 Å². The molecule has 0 aliphatic carbocycles. The lowest BCUT2D eigenvalue weighted by Gasteiger charge is -2.11. The third-order valence-electron chi connectivity index (χ3n) is 3.84. The Balaban J connectivity index is 2.29. The monoisotopic (exact) mass is 389 g/mol. The molecule has 2 aromatic rings. The van der Waals surface area contributed by atoms with Crippen LogP contribution in [0.15, 0.2) is 38.5 Å². The molecule has 0 saturated heterocycles. The fourth-order valence-corrected chi connectivity index (χ4v) is 2.44. The largest absolute Gasteiger partial charge is 0.399 e. The van der Waals surface area contributed by atoms with Gasteiger partial charge >= 0.3 is 5.69 Å². The molecule has 0 unspecified atom stereocenters. The molecular weight excluding hydrogens is 366 g/mol. The van der Waals surface area contributed by atoms with E-state index in [2.05, 4.69) is 25.9 Å². The number of aromatic nitrogens is 4. The predicted molar refractivity (Wildman–Crippen MR) is 104 cm³/mol. The Kier molecular flexibility index (Phi) is 7.02. The molecular formula is C17H23N7O4. The summed E-state index contributed by atoms with van der Waals surface area (Å²) in [5.41, 5.74) is 3.23. The predicted octanol–water partition coefficient (Wildman–Crippen LogP) is 1.19. The molecule has 0 atom stereocenters. The quantitative estimate of drug-likeness (QED) is 0.494. The summed E-state index contributed by atoms with van der Waals surface area (Å²) in [4.78, 5) is 27.3. The Hall–Kier alpha value is -3.50. The highest BCUT2D eigenvalue weighted by atomic mass is 16.6. The molecule has 0 fully saturated rings. The van der Waals surface area contributed by atoms with Crippen molar-refractivity contribution >= 4 is 17.1 Å². The van der Waals surface area contributed by atoms with Crippen molar-refractivity contribution in [3.8, 4) is 5.69 Å². The van der Waals surface area contributed by atoms with Gasteiger partial charge in [-0.25, -0.2) is 4.79 Å². The Bertz CT molecular complexity index is 972. The molecule has 0 spiro atoms. The molecule has 28 heavy (non-hydrogen) atoms. The second-order valence-electron chi connectivity index (χ2n) is 5.80. The summed E-state index contributed by atoms with van der Waals surface area (Å²) in [6.45, 7) is 5.44. The average molecular weight is 389 g/mol. The molecule has 150 valence electrons. The molecule has 0 radical (unpaired) electrons. The number of aryl methyl sites for hydroxylation is 2. The SMILES string of the molecule is CON=C(C)C(=NOC)C(C)=NOCc1c(C)cccc1-n1nnn(C)c1=O. The van der Waals surface area contributed by atoms with Gasteiger partial charge in [-0.2, -0.15) is 9.36 Å². The van der Waals surface area contributed by atoms with Crippen molar-refractivity contribution in [2.75, 3.05) is 14.2 Å². The summed E-state index contributed by atoms with van der Waals surface area (Å²) in [5, 5.41) is 19.4. The molecule has 1 heterocycles. The van der Waals surface area contributed by atoms with Gasteiger partial charge in [0.25, 0.3) is 0 Å². The number of rotatable bonds is 8. The van der Waals surface area contributed by atoms with E-state index < -0.39 is 0 Å². The smallest absolute Gasteiger partial charge is 0.368 e. The van der Waals surface area contributed by atoms with Crippen molar-refractivity contribution in [1.82, 2.24) is 19.8 Å². The molecule has 1 aromatic heterocycles. The maximum atomic E-state index is 12.2. The molecule has 0 bridgehead atoms. The minimum Gasteiger partial charge on any atom is -0.399 e. The van der Waals surface area contributed by atoms with Gasteiger partial charge in [0, 0.05) is 12.6 Å². The molecule has 0 N–H and O–H groups in total. The van der Waals surface area contributed by atoms with Crippen LogP contribution in [0.2, 0.25) is 0 Å². The van der Waals surface area contributed by atoms with Crippen LogP contribution in [0.5, 0.6) is 0 Å². The lowest BCUT2D eigenvalue weighted by molar-refractivity contribution is 0.130. The van der Waals surface area contributed by atoms with Crippen molar-refractivity contribution in [2.45, 2.75) is 27.4 Å². The number of hydrogen-bond donors (Lipinski definition) is 0. The zero-order valence-electron chi connectivity index (χ0n) is 16.7. The summed E-state index contributed by atoms with van der Waals surface area (Å²) < 4.78 is 2.37. The number of oxime groups is 3. The maximum Gasteiger partial charge on any atom is 0.368 e. The maximum absolute atomic E-state index is 12.2. The summed E-state index contributed by atoms with van der Waals surface area (Å²) >= 11 is 0. The minimum atomic E-state index is -0.354. The highest BCUT2D eigenvalue weighted by molar-refractivity contribution is 6.67. The minimum absolute atomic E-state index is 0.114. The molecule has 11 nitrogen and oxygen atoms in total.